The first kappa shape index (κ1) is 15.7. The predicted octanol–water partition coefficient (Wildman–Crippen LogP) is 1.61. The number of carbonyl (C=O) groups excluding carboxylic acids is 1. The quantitative estimate of drug-likeness (QED) is 0.802. The first-order valence-electron chi connectivity index (χ1n) is 6.83. The van der Waals surface area contributed by atoms with Crippen LogP contribution >= 0.6 is 12.4 Å². The molecule has 0 spiro atoms. The van der Waals surface area contributed by atoms with E-state index >= 15 is 0 Å². The summed E-state index contributed by atoms with van der Waals surface area (Å²) in [5.74, 6) is 0.752. The molecular formula is C13H25ClN2O2. The first-order chi connectivity index (χ1) is 8.24. The van der Waals surface area contributed by atoms with E-state index in [1.54, 1.807) is 0 Å². The molecule has 5 heteroatoms. The van der Waals surface area contributed by atoms with Crippen LogP contribution in [0.2, 0.25) is 0 Å². The van der Waals surface area contributed by atoms with Crippen molar-refractivity contribution < 1.29 is 9.53 Å². The first-order valence-corrected chi connectivity index (χ1v) is 6.83. The molecule has 0 aromatic heterocycles. The fraction of sp³-hybridized carbons (Fsp3) is 0.923. The van der Waals surface area contributed by atoms with Gasteiger partial charge < -0.3 is 15.8 Å². The average molecular weight is 277 g/mol. The maximum atomic E-state index is 11.9. The van der Waals surface area contributed by atoms with Crippen LogP contribution in [0.15, 0.2) is 0 Å². The van der Waals surface area contributed by atoms with Crippen molar-refractivity contribution in [3.05, 3.63) is 0 Å². The third kappa shape index (κ3) is 4.11. The van der Waals surface area contributed by atoms with Crippen molar-refractivity contribution in [1.29, 1.82) is 0 Å². The highest BCUT2D eigenvalue weighted by Gasteiger charge is 2.33. The molecule has 1 aliphatic heterocycles. The Morgan fingerprint density at radius 3 is 2.67 bits per heavy atom. The highest BCUT2D eigenvalue weighted by Crippen LogP contribution is 2.29. The molecule has 1 saturated heterocycles. The van der Waals surface area contributed by atoms with Crippen LogP contribution in [0.3, 0.4) is 0 Å². The summed E-state index contributed by atoms with van der Waals surface area (Å²) in [5.41, 5.74) is 5.71. The minimum Gasteiger partial charge on any atom is -0.381 e. The number of ether oxygens (including phenoxy) is 1. The number of amides is 1. The fourth-order valence-corrected chi connectivity index (χ4v) is 2.94. The summed E-state index contributed by atoms with van der Waals surface area (Å²) >= 11 is 0. The van der Waals surface area contributed by atoms with E-state index in [-0.39, 0.29) is 23.9 Å². The third-order valence-corrected chi connectivity index (χ3v) is 4.16. The largest absolute Gasteiger partial charge is 0.381 e. The van der Waals surface area contributed by atoms with E-state index in [2.05, 4.69) is 5.32 Å². The molecule has 18 heavy (non-hydrogen) atoms. The number of hydrogen-bond acceptors (Lipinski definition) is 3. The number of rotatable bonds is 5. The molecule has 3 N–H and O–H groups in total. The van der Waals surface area contributed by atoms with Crippen LogP contribution in [0.25, 0.3) is 0 Å². The molecule has 4 nitrogen and oxygen atoms in total. The van der Waals surface area contributed by atoms with E-state index in [0.717, 1.165) is 38.9 Å². The molecule has 0 radical (unpaired) electrons. The van der Waals surface area contributed by atoms with Gasteiger partial charge in [-0.05, 0) is 31.6 Å². The van der Waals surface area contributed by atoms with Crippen molar-refractivity contribution in [2.24, 2.45) is 11.7 Å². The molecule has 2 rings (SSSR count). The molecule has 0 bridgehead atoms. The van der Waals surface area contributed by atoms with Crippen molar-refractivity contribution in [3.63, 3.8) is 0 Å². The summed E-state index contributed by atoms with van der Waals surface area (Å²) < 4.78 is 5.31. The van der Waals surface area contributed by atoms with Gasteiger partial charge in [-0.15, -0.1) is 12.4 Å². The zero-order chi connectivity index (χ0) is 12.1. The minimum atomic E-state index is -0.0940. The molecule has 1 atom stereocenters. The Kier molecular flexibility index (Phi) is 6.39. The zero-order valence-corrected chi connectivity index (χ0v) is 11.8. The van der Waals surface area contributed by atoms with E-state index in [9.17, 15) is 4.79 Å². The Labute approximate surface area is 115 Å². The lowest BCUT2D eigenvalue weighted by Gasteiger charge is -2.28. The monoisotopic (exact) mass is 276 g/mol. The van der Waals surface area contributed by atoms with Crippen LogP contribution in [-0.2, 0) is 9.53 Å². The molecule has 2 fully saturated rings. The maximum Gasteiger partial charge on any atom is 0.220 e. The molecular weight excluding hydrogens is 252 g/mol. The maximum absolute atomic E-state index is 11.9. The Hall–Kier alpha value is -0.320. The zero-order valence-electron chi connectivity index (χ0n) is 11.0. The van der Waals surface area contributed by atoms with Gasteiger partial charge >= 0.3 is 0 Å². The molecule has 2 aliphatic rings. The molecule has 1 unspecified atom stereocenters. The third-order valence-electron chi connectivity index (χ3n) is 4.16. The van der Waals surface area contributed by atoms with E-state index in [4.69, 9.17) is 10.5 Å². The Morgan fingerprint density at radius 2 is 2.11 bits per heavy atom. The van der Waals surface area contributed by atoms with Gasteiger partial charge in [-0.3, -0.25) is 4.79 Å². The highest BCUT2D eigenvalue weighted by atomic mass is 35.5. The van der Waals surface area contributed by atoms with Gasteiger partial charge in [-0.2, -0.15) is 0 Å². The van der Waals surface area contributed by atoms with E-state index < -0.39 is 0 Å². The van der Waals surface area contributed by atoms with Crippen LogP contribution in [0.4, 0.5) is 0 Å². The molecule has 1 saturated carbocycles. The summed E-state index contributed by atoms with van der Waals surface area (Å²) in [5, 5.41) is 3.16. The van der Waals surface area contributed by atoms with Gasteiger partial charge in [0, 0.05) is 26.2 Å². The summed E-state index contributed by atoms with van der Waals surface area (Å²) in [6.45, 7) is 2.26. The average Bonchev–Trinajstić information content (AvgIpc) is 2.98. The number of nitrogens with one attached hydrogen (secondary N) is 1. The van der Waals surface area contributed by atoms with Crippen molar-refractivity contribution >= 4 is 18.3 Å². The SMILES string of the molecule is Cl.NCC1(NC(=O)CCC2CCOC2)CCCC1. The highest BCUT2D eigenvalue weighted by molar-refractivity contribution is 5.85. The van der Waals surface area contributed by atoms with Crippen LogP contribution in [0, 0.1) is 5.92 Å². The van der Waals surface area contributed by atoms with Crippen molar-refractivity contribution in [2.75, 3.05) is 19.8 Å². The lowest BCUT2D eigenvalue weighted by atomic mass is 9.96. The van der Waals surface area contributed by atoms with Gasteiger partial charge in [0.1, 0.15) is 0 Å². The lowest BCUT2D eigenvalue weighted by Crippen LogP contribution is -2.51. The van der Waals surface area contributed by atoms with Gasteiger partial charge in [0.25, 0.3) is 0 Å². The second kappa shape index (κ2) is 7.31. The van der Waals surface area contributed by atoms with Gasteiger partial charge in [-0.25, -0.2) is 0 Å². The summed E-state index contributed by atoms with van der Waals surface area (Å²) in [4.78, 5) is 11.9. The lowest BCUT2D eigenvalue weighted by molar-refractivity contribution is -0.123. The second-order valence-electron chi connectivity index (χ2n) is 5.51. The Morgan fingerprint density at radius 1 is 1.39 bits per heavy atom. The molecule has 106 valence electrons. The summed E-state index contributed by atoms with van der Waals surface area (Å²) in [6, 6.07) is 0. The molecule has 1 heterocycles. The van der Waals surface area contributed by atoms with Crippen LogP contribution < -0.4 is 11.1 Å². The van der Waals surface area contributed by atoms with Crippen LogP contribution in [-0.4, -0.2) is 31.2 Å². The topological polar surface area (TPSA) is 64.3 Å². The Balaban J connectivity index is 0.00000162. The number of hydrogen-bond donors (Lipinski definition) is 2. The van der Waals surface area contributed by atoms with Crippen molar-refractivity contribution in [2.45, 2.75) is 50.5 Å². The molecule has 0 aromatic rings. The smallest absolute Gasteiger partial charge is 0.220 e. The standard InChI is InChI=1S/C13H24N2O2.ClH/c14-10-13(6-1-2-7-13)15-12(16)4-3-11-5-8-17-9-11;/h11H,1-10,14H2,(H,15,16);1H. The van der Waals surface area contributed by atoms with Crippen LogP contribution in [0.5, 0.6) is 0 Å². The van der Waals surface area contributed by atoms with Crippen molar-refractivity contribution in [3.8, 4) is 0 Å². The summed E-state index contributed by atoms with van der Waals surface area (Å²) in [7, 11) is 0. The number of nitrogens with two attached hydrogens (primary N) is 1. The summed E-state index contributed by atoms with van der Waals surface area (Å²) in [6.07, 6.45) is 7.14. The van der Waals surface area contributed by atoms with E-state index in [0.29, 0.717) is 18.9 Å². The van der Waals surface area contributed by atoms with Gasteiger partial charge in [0.05, 0.1) is 5.54 Å². The van der Waals surface area contributed by atoms with Gasteiger partial charge in [0.15, 0.2) is 0 Å². The molecule has 0 aromatic carbocycles. The van der Waals surface area contributed by atoms with E-state index in [1.165, 1.54) is 12.8 Å². The molecule has 1 aliphatic carbocycles. The number of carbonyl (C=O) groups is 1. The van der Waals surface area contributed by atoms with Crippen LogP contribution in [0.1, 0.15) is 44.9 Å². The molecule has 1 amide bonds. The normalized spacial score (nSPS) is 25.7. The predicted molar refractivity (Wildman–Crippen MR) is 73.8 cm³/mol. The Bertz CT molecular complexity index is 262. The van der Waals surface area contributed by atoms with E-state index in [1.807, 2.05) is 0 Å². The van der Waals surface area contributed by atoms with Gasteiger partial charge in [0.2, 0.25) is 5.91 Å². The fourth-order valence-electron chi connectivity index (χ4n) is 2.94. The second-order valence-corrected chi connectivity index (χ2v) is 5.51. The van der Waals surface area contributed by atoms with Crippen molar-refractivity contribution in [1.82, 2.24) is 5.32 Å². The van der Waals surface area contributed by atoms with Gasteiger partial charge in [-0.1, -0.05) is 12.8 Å². The minimum absolute atomic E-state index is 0. The number of halogens is 1.